The van der Waals surface area contributed by atoms with Gasteiger partial charge in [0.1, 0.15) is 9.84 Å². The molecule has 0 spiro atoms. The SMILES string of the molecule is CS(=O)(=O)CCCN1CCCC(CCC(=O)O)C1. The Bertz CT molecular complexity index is 366. The fourth-order valence-corrected chi connectivity index (χ4v) is 3.12. The highest BCUT2D eigenvalue weighted by atomic mass is 32.2. The fourth-order valence-electron chi connectivity index (χ4n) is 2.47. The van der Waals surface area contributed by atoms with Crippen LogP contribution in [0, 0.1) is 5.92 Å². The summed E-state index contributed by atoms with van der Waals surface area (Å²) in [5.41, 5.74) is 0. The van der Waals surface area contributed by atoms with E-state index in [1.54, 1.807) is 0 Å². The van der Waals surface area contributed by atoms with Crippen molar-refractivity contribution in [3.63, 3.8) is 0 Å². The molecule has 0 aromatic rings. The molecule has 0 amide bonds. The van der Waals surface area contributed by atoms with Gasteiger partial charge in [-0.15, -0.1) is 0 Å². The van der Waals surface area contributed by atoms with Crippen LogP contribution in [0.4, 0.5) is 0 Å². The van der Waals surface area contributed by atoms with Crippen molar-refractivity contribution in [3.8, 4) is 0 Å². The maximum Gasteiger partial charge on any atom is 0.303 e. The van der Waals surface area contributed by atoms with E-state index in [2.05, 4.69) is 4.90 Å². The van der Waals surface area contributed by atoms with Crippen molar-refractivity contribution in [3.05, 3.63) is 0 Å². The summed E-state index contributed by atoms with van der Waals surface area (Å²) >= 11 is 0. The number of aliphatic carboxylic acids is 1. The molecule has 0 bridgehead atoms. The highest BCUT2D eigenvalue weighted by molar-refractivity contribution is 7.90. The second-order valence-corrected chi connectivity index (χ2v) is 7.48. The van der Waals surface area contributed by atoms with Gasteiger partial charge in [0.15, 0.2) is 0 Å². The molecule has 1 aliphatic heterocycles. The largest absolute Gasteiger partial charge is 0.481 e. The number of hydrogen-bond acceptors (Lipinski definition) is 4. The van der Waals surface area contributed by atoms with E-state index in [1.807, 2.05) is 0 Å². The number of carbonyl (C=O) groups is 1. The molecule has 0 aromatic carbocycles. The van der Waals surface area contributed by atoms with Gasteiger partial charge in [0.25, 0.3) is 0 Å². The number of hydrogen-bond donors (Lipinski definition) is 1. The molecule has 106 valence electrons. The number of carboxylic acids is 1. The van der Waals surface area contributed by atoms with Crippen LogP contribution in [0.2, 0.25) is 0 Å². The van der Waals surface area contributed by atoms with E-state index in [0.29, 0.717) is 12.3 Å². The highest BCUT2D eigenvalue weighted by Gasteiger charge is 2.20. The second kappa shape index (κ2) is 7.09. The summed E-state index contributed by atoms with van der Waals surface area (Å²) in [5.74, 6) is -0.0409. The Hall–Kier alpha value is -0.620. The lowest BCUT2D eigenvalue weighted by Crippen LogP contribution is -2.36. The van der Waals surface area contributed by atoms with E-state index >= 15 is 0 Å². The third kappa shape index (κ3) is 6.96. The molecular weight excluding hydrogens is 254 g/mol. The van der Waals surface area contributed by atoms with Crippen LogP contribution in [0.15, 0.2) is 0 Å². The Balaban J connectivity index is 2.24. The molecule has 0 saturated carbocycles. The van der Waals surface area contributed by atoms with Crippen molar-refractivity contribution < 1.29 is 18.3 Å². The van der Waals surface area contributed by atoms with Crippen LogP contribution < -0.4 is 0 Å². The van der Waals surface area contributed by atoms with E-state index in [1.165, 1.54) is 6.26 Å². The maximum absolute atomic E-state index is 11.0. The molecule has 5 nitrogen and oxygen atoms in total. The molecule has 6 heteroatoms. The Morgan fingerprint density at radius 3 is 2.78 bits per heavy atom. The zero-order valence-electron chi connectivity index (χ0n) is 11.0. The van der Waals surface area contributed by atoms with Gasteiger partial charge in [0, 0.05) is 19.2 Å². The first-order chi connectivity index (χ1) is 8.37. The Morgan fingerprint density at radius 1 is 1.44 bits per heavy atom. The zero-order chi connectivity index (χ0) is 13.6. The molecule has 18 heavy (non-hydrogen) atoms. The van der Waals surface area contributed by atoms with Gasteiger partial charge in [-0.2, -0.15) is 0 Å². The number of carboxylic acid groups (broad SMARTS) is 1. The normalized spacial score (nSPS) is 21.9. The van der Waals surface area contributed by atoms with Gasteiger partial charge in [-0.05, 0) is 44.7 Å². The van der Waals surface area contributed by atoms with Gasteiger partial charge in [-0.25, -0.2) is 8.42 Å². The van der Waals surface area contributed by atoms with Gasteiger partial charge in [0.2, 0.25) is 0 Å². The van der Waals surface area contributed by atoms with Crippen molar-refractivity contribution in [1.29, 1.82) is 0 Å². The lowest BCUT2D eigenvalue weighted by atomic mass is 9.93. The summed E-state index contributed by atoms with van der Waals surface area (Å²) in [4.78, 5) is 12.8. The minimum atomic E-state index is -2.86. The summed E-state index contributed by atoms with van der Waals surface area (Å²) < 4.78 is 22.1. The van der Waals surface area contributed by atoms with E-state index in [9.17, 15) is 13.2 Å². The summed E-state index contributed by atoms with van der Waals surface area (Å²) in [7, 11) is -2.86. The van der Waals surface area contributed by atoms with E-state index in [-0.39, 0.29) is 12.2 Å². The van der Waals surface area contributed by atoms with Gasteiger partial charge in [0.05, 0.1) is 5.75 Å². The molecular formula is C12H23NO4S. The molecule has 1 rings (SSSR count). The third-order valence-corrected chi connectivity index (χ3v) is 4.39. The second-order valence-electron chi connectivity index (χ2n) is 5.22. The van der Waals surface area contributed by atoms with Crippen LogP contribution in [0.1, 0.15) is 32.1 Å². The maximum atomic E-state index is 11.0. The highest BCUT2D eigenvalue weighted by Crippen LogP contribution is 2.21. The minimum Gasteiger partial charge on any atom is -0.481 e. The minimum absolute atomic E-state index is 0.238. The van der Waals surface area contributed by atoms with Crippen LogP contribution in [-0.4, -0.2) is 56.0 Å². The van der Waals surface area contributed by atoms with Crippen LogP contribution in [-0.2, 0) is 14.6 Å². The lowest BCUT2D eigenvalue weighted by molar-refractivity contribution is -0.137. The van der Waals surface area contributed by atoms with Gasteiger partial charge in [-0.3, -0.25) is 4.79 Å². The average molecular weight is 277 g/mol. The van der Waals surface area contributed by atoms with Crippen molar-refractivity contribution in [2.45, 2.75) is 32.1 Å². The summed E-state index contributed by atoms with van der Waals surface area (Å²) in [5, 5.41) is 8.66. The molecule has 0 radical (unpaired) electrons. The monoisotopic (exact) mass is 277 g/mol. The number of piperidine rings is 1. The Morgan fingerprint density at radius 2 is 2.17 bits per heavy atom. The first-order valence-corrected chi connectivity index (χ1v) is 8.55. The van der Waals surface area contributed by atoms with Crippen molar-refractivity contribution in [2.75, 3.05) is 31.6 Å². The van der Waals surface area contributed by atoms with Crippen molar-refractivity contribution >= 4 is 15.8 Å². The third-order valence-electron chi connectivity index (χ3n) is 3.36. The van der Waals surface area contributed by atoms with Gasteiger partial charge >= 0.3 is 5.97 Å². The van der Waals surface area contributed by atoms with E-state index < -0.39 is 15.8 Å². The average Bonchev–Trinajstić information content (AvgIpc) is 2.25. The number of rotatable bonds is 7. The van der Waals surface area contributed by atoms with E-state index in [0.717, 1.165) is 38.9 Å². The molecule has 1 saturated heterocycles. The van der Waals surface area contributed by atoms with Crippen molar-refractivity contribution in [1.82, 2.24) is 4.90 Å². The van der Waals surface area contributed by atoms with Gasteiger partial charge < -0.3 is 10.0 Å². The zero-order valence-corrected chi connectivity index (χ0v) is 11.8. The van der Waals surface area contributed by atoms with Crippen molar-refractivity contribution in [2.24, 2.45) is 5.92 Å². The molecule has 1 unspecified atom stereocenters. The van der Waals surface area contributed by atoms with Crippen LogP contribution in [0.25, 0.3) is 0 Å². The van der Waals surface area contributed by atoms with Crippen LogP contribution >= 0.6 is 0 Å². The molecule has 1 heterocycles. The predicted octanol–water partition coefficient (Wildman–Crippen LogP) is 0.998. The molecule has 1 fully saturated rings. The first-order valence-electron chi connectivity index (χ1n) is 6.48. The summed E-state index contributed by atoms with van der Waals surface area (Å²) in [6.07, 6.45) is 5.09. The lowest BCUT2D eigenvalue weighted by Gasteiger charge is -2.32. The number of nitrogens with zero attached hydrogens (tertiary/aromatic N) is 1. The summed E-state index contributed by atoms with van der Waals surface area (Å²) in [6.45, 7) is 2.72. The first kappa shape index (κ1) is 15.4. The molecule has 1 N–H and O–H groups in total. The van der Waals surface area contributed by atoms with Crippen LogP contribution in [0.3, 0.4) is 0 Å². The van der Waals surface area contributed by atoms with Crippen LogP contribution in [0.5, 0.6) is 0 Å². The quantitative estimate of drug-likeness (QED) is 0.751. The predicted molar refractivity (Wildman–Crippen MR) is 70.4 cm³/mol. The fraction of sp³-hybridized carbons (Fsp3) is 0.917. The molecule has 1 aliphatic rings. The topological polar surface area (TPSA) is 74.7 Å². The van der Waals surface area contributed by atoms with Gasteiger partial charge in [-0.1, -0.05) is 0 Å². The Kier molecular flexibility index (Phi) is 6.08. The van der Waals surface area contributed by atoms with E-state index in [4.69, 9.17) is 5.11 Å². The molecule has 1 atom stereocenters. The molecule has 0 aromatic heterocycles. The standard InChI is InChI=1S/C12H23NO4S/c1-18(16,17)9-3-8-13-7-2-4-11(10-13)5-6-12(14)15/h11H,2-10H2,1H3,(H,14,15). The summed E-state index contributed by atoms with van der Waals surface area (Å²) in [6, 6.07) is 0. The Labute approximate surface area is 109 Å². The smallest absolute Gasteiger partial charge is 0.303 e. The molecule has 0 aliphatic carbocycles. The number of sulfone groups is 1. The number of likely N-dealkylation sites (tertiary alicyclic amines) is 1.